The predicted octanol–water partition coefficient (Wildman–Crippen LogP) is 3.20. The van der Waals surface area contributed by atoms with Crippen molar-refractivity contribution in [2.75, 3.05) is 7.11 Å². The molecule has 114 valence electrons. The van der Waals surface area contributed by atoms with Gasteiger partial charge in [0.05, 0.1) is 32.7 Å². The highest BCUT2D eigenvalue weighted by Gasteiger charge is 2.30. The number of hydrogen-bond acceptors (Lipinski definition) is 4. The zero-order valence-electron chi connectivity index (χ0n) is 11.3. The van der Waals surface area contributed by atoms with E-state index < -0.39 is 10.8 Å². The van der Waals surface area contributed by atoms with Crippen molar-refractivity contribution in [1.29, 1.82) is 0 Å². The van der Waals surface area contributed by atoms with Crippen molar-refractivity contribution in [2.24, 2.45) is 0 Å². The van der Waals surface area contributed by atoms with Gasteiger partial charge in [-0.3, -0.25) is 14.9 Å². The molecule has 1 amide bonds. The fraction of sp³-hybridized carbons (Fsp3) is 0.462. The van der Waals surface area contributed by atoms with Gasteiger partial charge < -0.3 is 10.1 Å². The van der Waals surface area contributed by atoms with Gasteiger partial charge in [-0.2, -0.15) is 0 Å². The van der Waals surface area contributed by atoms with Crippen LogP contribution >= 0.6 is 23.2 Å². The van der Waals surface area contributed by atoms with E-state index in [4.69, 9.17) is 27.9 Å². The van der Waals surface area contributed by atoms with Gasteiger partial charge in [-0.05, 0) is 19.3 Å². The standard InChI is InChI=1S/C13H14Cl2N2O4/c1-21-11-4-2-3-10(11)16-13(18)8-5-7(17(19)20)6-9(14)12(8)15/h5-6,10-11H,2-4H2,1H3,(H,16,18). The van der Waals surface area contributed by atoms with Crippen LogP contribution in [0.2, 0.25) is 10.0 Å². The molecule has 0 aromatic heterocycles. The lowest BCUT2D eigenvalue weighted by molar-refractivity contribution is -0.384. The monoisotopic (exact) mass is 332 g/mol. The number of methoxy groups -OCH3 is 1. The molecule has 1 aliphatic carbocycles. The van der Waals surface area contributed by atoms with E-state index in [9.17, 15) is 14.9 Å². The zero-order valence-corrected chi connectivity index (χ0v) is 12.8. The molecule has 0 aliphatic heterocycles. The first-order chi connectivity index (χ1) is 9.93. The Kier molecular flexibility index (Phi) is 5.03. The van der Waals surface area contributed by atoms with Gasteiger partial charge in [-0.15, -0.1) is 0 Å². The Labute approximate surface area is 131 Å². The van der Waals surface area contributed by atoms with Gasteiger partial charge >= 0.3 is 0 Å². The number of non-ortho nitro benzene ring substituents is 1. The first-order valence-electron chi connectivity index (χ1n) is 6.41. The number of carbonyl (C=O) groups is 1. The van der Waals surface area contributed by atoms with Crippen LogP contribution in [0.3, 0.4) is 0 Å². The molecule has 0 bridgehead atoms. The number of nitrogens with zero attached hydrogens (tertiary/aromatic N) is 1. The number of rotatable bonds is 4. The van der Waals surface area contributed by atoms with E-state index in [0.29, 0.717) is 0 Å². The SMILES string of the molecule is COC1CCCC1NC(=O)c1cc([N+](=O)[O-])cc(Cl)c1Cl. The number of nitro benzene ring substituents is 1. The van der Waals surface area contributed by atoms with Crippen LogP contribution in [0.4, 0.5) is 5.69 Å². The Hall–Kier alpha value is -1.37. The molecule has 1 saturated carbocycles. The summed E-state index contributed by atoms with van der Waals surface area (Å²) in [6.07, 6.45) is 2.56. The number of hydrogen-bond donors (Lipinski definition) is 1. The highest BCUT2D eigenvalue weighted by Crippen LogP contribution is 2.31. The van der Waals surface area contributed by atoms with E-state index in [-0.39, 0.29) is 33.4 Å². The average molecular weight is 333 g/mol. The maximum Gasteiger partial charge on any atom is 0.271 e. The molecule has 0 heterocycles. The molecule has 1 aliphatic rings. The van der Waals surface area contributed by atoms with E-state index in [0.717, 1.165) is 31.4 Å². The summed E-state index contributed by atoms with van der Waals surface area (Å²) in [6.45, 7) is 0. The molecule has 0 radical (unpaired) electrons. The normalized spacial score (nSPS) is 21.3. The minimum Gasteiger partial charge on any atom is -0.379 e. The number of ether oxygens (including phenoxy) is 1. The minimum absolute atomic E-state index is 0.00220. The van der Waals surface area contributed by atoms with Crippen LogP contribution in [0, 0.1) is 10.1 Å². The maximum absolute atomic E-state index is 12.3. The summed E-state index contributed by atoms with van der Waals surface area (Å²) < 4.78 is 5.29. The van der Waals surface area contributed by atoms with Crippen LogP contribution in [0.25, 0.3) is 0 Å². The number of benzene rings is 1. The molecule has 6 nitrogen and oxygen atoms in total. The average Bonchev–Trinajstić information content (AvgIpc) is 2.88. The van der Waals surface area contributed by atoms with Gasteiger partial charge in [0.2, 0.25) is 0 Å². The first-order valence-corrected chi connectivity index (χ1v) is 7.16. The summed E-state index contributed by atoms with van der Waals surface area (Å²) in [5, 5.41) is 13.6. The summed E-state index contributed by atoms with van der Waals surface area (Å²) in [4.78, 5) is 22.5. The van der Waals surface area contributed by atoms with Gasteiger partial charge in [0.25, 0.3) is 11.6 Å². The second kappa shape index (κ2) is 6.60. The van der Waals surface area contributed by atoms with Crippen molar-refractivity contribution in [3.05, 3.63) is 37.9 Å². The van der Waals surface area contributed by atoms with Crippen LogP contribution in [0.15, 0.2) is 12.1 Å². The second-order valence-electron chi connectivity index (χ2n) is 4.83. The van der Waals surface area contributed by atoms with Crippen molar-refractivity contribution >= 4 is 34.8 Å². The lowest BCUT2D eigenvalue weighted by Gasteiger charge is -2.20. The predicted molar refractivity (Wildman–Crippen MR) is 79.0 cm³/mol. The molecule has 1 N–H and O–H groups in total. The van der Waals surface area contributed by atoms with E-state index in [2.05, 4.69) is 5.32 Å². The molecule has 0 spiro atoms. The number of carbonyl (C=O) groups excluding carboxylic acids is 1. The fourth-order valence-corrected chi connectivity index (χ4v) is 2.87. The van der Waals surface area contributed by atoms with Crippen LogP contribution in [-0.2, 0) is 4.74 Å². The van der Waals surface area contributed by atoms with Crippen LogP contribution < -0.4 is 5.32 Å². The Bertz CT molecular complexity index is 580. The Morgan fingerprint density at radius 1 is 1.43 bits per heavy atom. The molecule has 2 atom stereocenters. The van der Waals surface area contributed by atoms with E-state index in [1.807, 2.05) is 0 Å². The summed E-state index contributed by atoms with van der Waals surface area (Å²) in [5.41, 5.74) is -0.276. The number of amides is 1. The van der Waals surface area contributed by atoms with Crippen molar-refractivity contribution in [3.8, 4) is 0 Å². The van der Waals surface area contributed by atoms with Gasteiger partial charge in [-0.25, -0.2) is 0 Å². The maximum atomic E-state index is 12.3. The Morgan fingerprint density at radius 2 is 2.14 bits per heavy atom. The highest BCUT2D eigenvalue weighted by atomic mass is 35.5. The smallest absolute Gasteiger partial charge is 0.271 e. The van der Waals surface area contributed by atoms with E-state index in [1.165, 1.54) is 0 Å². The number of halogens is 2. The van der Waals surface area contributed by atoms with Gasteiger partial charge in [0.1, 0.15) is 0 Å². The molecule has 8 heteroatoms. The first kappa shape index (κ1) is 16.0. The second-order valence-corrected chi connectivity index (χ2v) is 5.62. The van der Waals surface area contributed by atoms with Gasteiger partial charge in [0.15, 0.2) is 0 Å². The van der Waals surface area contributed by atoms with Crippen LogP contribution in [0.1, 0.15) is 29.6 Å². The molecule has 21 heavy (non-hydrogen) atoms. The molecule has 1 aromatic rings. The summed E-state index contributed by atoms with van der Waals surface area (Å²) in [6, 6.07) is 2.12. The minimum atomic E-state index is -0.619. The van der Waals surface area contributed by atoms with Crippen molar-refractivity contribution in [1.82, 2.24) is 5.32 Å². The number of nitrogens with one attached hydrogen (secondary N) is 1. The van der Waals surface area contributed by atoms with Gasteiger partial charge in [0, 0.05) is 19.2 Å². The lowest BCUT2D eigenvalue weighted by Crippen LogP contribution is -2.40. The largest absolute Gasteiger partial charge is 0.379 e. The van der Waals surface area contributed by atoms with Crippen LogP contribution in [-0.4, -0.2) is 30.1 Å². The summed E-state index contributed by atoms with van der Waals surface area (Å²) in [7, 11) is 1.59. The quantitative estimate of drug-likeness (QED) is 0.678. The van der Waals surface area contributed by atoms with E-state index in [1.54, 1.807) is 7.11 Å². The van der Waals surface area contributed by atoms with E-state index >= 15 is 0 Å². The highest BCUT2D eigenvalue weighted by molar-refractivity contribution is 6.44. The fourth-order valence-electron chi connectivity index (χ4n) is 2.46. The van der Waals surface area contributed by atoms with Gasteiger partial charge in [-0.1, -0.05) is 23.2 Å². The third kappa shape index (κ3) is 3.45. The lowest BCUT2D eigenvalue weighted by atomic mass is 10.1. The number of nitro groups is 1. The Morgan fingerprint density at radius 3 is 2.76 bits per heavy atom. The molecule has 0 saturated heterocycles. The molecular formula is C13H14Cl2N2O4. The van der Waals surface area contributed by atoms with Crippen LogP contribution in [0.5, 0.6) is 0 Å². The van der Waals surface area contributed by atoms with Crippen molar-refractivity contribution in [3.63, 3.8) is 0 Å². The molecule has 2 rings (SSSR count). The zero-order chi connectivity index (χ0) is 15.6. The Balaban J connectivity index is 2.24. The third-order valence-corrected chi connectivity index (χ3v) is 4.34. The summed E-state index contributed by atoms with van der Waals surface area (Å²) >= 11 is 11.8. The van der Waals surface area contributed by atoms with Crippen molar-refractivity contribution < 1.29 is 14.5 Å². The topological polar surface area (TPSA) is 81.5 Å². The molecule has 1 aromatic carbocycles. The molecule has 2 unspecified atom stereocenters. The van der Waals surface area contributed by atoms with Crippen molar-refractivity contribution in [2.45, 2.75) is 31.4 Å². The molecular weight excluding hydrogens is 319 g/mol. The molecule has 1 fully saturated rings. The third-order valence-electron chi connectivity index (χ3n) is 3.54. The summed E-state index contributed by atoms with van der Waals surface area (Å²) in [5.74, 6) is -0.487.